The molecule has 0 N–H and O–H groups in total. The molecule has 2 amide bonds. The van der Waals surface area contributed by atoms with Crippen molar-refractivity contribution in [3.05, 3.63) is 42.0 Å². The zero-order chi connectivity index (χ0) is 20.9. The number of carbonyl (C=O) groups is 4. The molecule has 2 saturated heterocycles. The fourth-order valence-corrected chi connectivity index (χ4v) is 4.16. The first-order valence-electron chi connectivity index (χ1n) is 8.88. The Hall–Kier alpha value is -3.51. The van der Waals surface area contributed by atoms with Crippen molar-refractivity contribution in [3.8, 4) is 6.07 Å². The minimum Gasteiger partial charge on any atom is -0.422 e. The van der Waals surface area contributed by atoms with Gasteiger partial charge in [0.05, 0.1) is 35.3 Å². The molecule has 9 heteroatoms. The van der Waals surface area contributed by atoms with Crippen LogP contribution in [0, 0.1) is 23.2 Å². The number of hydrogen-bond donors (Lipinski definition) is 0. The third kappa shape index (κ3) is 2.72. The molecular weight excluding hydrogens is 380 g/mol. The number of ether oxygens (including phenoxy) is 3. The number of nitriles is 1. The van der Waals surface area contributed by atoms with Gasteiger partial charge in [0.25, 0.3) is 6.29 Å². The lowest BCUT2D eigenvalue weighted by atomic mass is 9.76. The minimum absolute atomic E-state index is 0.319. The predicted octanol–water partition coefficient (Wildman–Crippen LogP) is 0.824. The first-order chi connectivity index (χ1) is 13.8. The second-order valence-electron chi connectivity index (χ2n) is 7.02. The SMILES string of the molecule is CC(=O)OC(OC(C)=O)[C@@]12C=C[C@@H](O1)[C@H]1C(=O)N(c3ccc(C#N)cc3)C(=O)[C@H]12. The molecule has 2 fully saturated rings. The first kappa shape index (κ1) is 18.8. The van der Waals surface area contributed by atoms with Crippen molar-refractivity contribution >= 4 is 29.4 Å². The highest BCUT2D eigenvalue weighted by Crippen LogP contribution is 2.54. The average Bonchev–Trinajstić information content (AvgIpc) is 3.32. The molecule has 29 heavy (non-hydrogen) atoms. The molecule has 1 aromatic carbocycles. The van der Waals surface area contributed by atoms with Crippen LogP contribution in [0.3, 0.4) is 0 Å². The highest BCUT2D eigenvalue weighted by molar-refractivity contribution is 6.23. The van der Waals surface area contributed by atoms with E-state index in [1.54, 1.807) is 6.08 Å². The highest BCUT2D eigenvalue weighted by atomic mass is 16.7. The summed E-state index contributed by atoms with van der Waals surface area (Å²) in [5.41, 5.74) is -0.875. The number of nitrogens with zero attached hydrogens (tertiary/aromatic N) is 2. The largest absolute Gasteiger partial charge is 0.422 e. The Bertz CT molecular complexity index is 977. The van der Waals surface area contributed by atoms with Crippen LogP contribution in [-0.4, -0.2) is 41.7 Å². The normalized spacial score (nSPS) is 29.2. The number of hydrogen-bond acceptors (Lipinski definition) is 8. The maximum absolute atomic E-state index is 13.3. The molecule has 0 spiro atoms. The van der Waals surface area contributed by atoms with Gasteiger partial charge in [0, 0.05) is 13.8 Å². The summed E-state index contributed by atoms with van der Waals surface area (Å²) in [6.07, 6.45) is 0.900. The van der Waals surface area contributed by atoms with Crippen LogP contribution in [0.5, 0.6) is 0 Å². The number of amides is 2. The second kappa shape index (κ2) is 6.53. The van der Waals surface area contributed by atoms with Gasteiger partial charge in [0.1, 0.15) is 0 Å². The van der Waals surface area contributed by atoms with Crippen LogP contribution in [-0.2, 0) is 33.4 Å². The van der Waals surface area contributed by atoms with Crippen LogP contribution in [0.25, 0.3) is 0 Å². The Morgan fingerprint density at radius 2 is 1.76 bits per heavy atom. The van der Waals surface area contributed by atoms with Crippen LogP contribution in [0.1, 0.15) is 19.4 Å². The van der Waals surface area contributed by atoms with Crippen molar-refractivity contribution in [2.24, 2.45) is 11.8 Å². The zero-order valence-electron chi connectivity index (χ0n) is 15.5. The molecule has 9 nitrogen and oxygen atoms in total. The summed E-state index contributed by atoms with van der Waals surface area (Å²) in [7, 11) is 0. The molecule has 0 radical (unpaired) electrons. The standard InChI is InChI=1S/C20H16N2O7/c1-10(23)27-19(28-11(2)24)20-8-7-14(29-20)15-16(20)18(26)22(17(15)25)13-5-3-12(9-21)4-6-13/h3-8,14-16,19H,1-2H3/t14-,15-,16+,20+/m1/s1. The highest BCUT2D eigenvalue weighted by Gasteiger charge is 2.72. The van der Waals surface area contributed by atoms with Crippen molar-refractivity contribution in [1.82, 2.24) is 0 Å². The van der Waals surface area contributed by atoms with Crippen LogP contribution >= 0.6 is 0 Å². The molecule has 3 aliphatic heterocycles. The summed E-state index contributed by atoms with van der Waals surface area (Å²) in [4.78, 5) is 50.5. The summed E-state index contributed by atoms with van der Waals surface area (Å²) < 4.78 is 16.2. The summed E-state index contributed by atoms with van der Waals surface area (Å²) in [6.45, 7) is 2.28. The van der Waals surface area contributed by atoms with E-state index in [-0.39, 0.29) is 0 Å². The number of imide groups is 1. The Labute approximate surface area is 165 Å². The van der Waals surface area contributed by atoms with Crippen molar-refractivity contribution in [1.29, 1.82) is 5.26 Å². The summed E-state index contributed by atoms with van der Waals surface area (Å²) in [6, 6.07) is 8.00. The maximum atomic E-state index is 13.3. The number of fused-ring (bicyclic) bond motifs is 5. The van der Waals surface area contributed by atoms with E-state index in [2.05, 4.69) is 0 Å². The van der Waals surface area contributed by atoms with Gasteiger partial charge >= 0.3 is 11.9 Å². The molecule has 3 heterocycles. The van der Waals surface area contributed by atoms with Gasteiger partial charge in [-0.15, -0.1) is 0 Å². The summed E-state index contributed by atoms with van der Waals surface area (Å²) >= 11 is 0. The van der Waals surface area contributed by atoms with E-state index in [4.69, 9.17) is 19.5 Å². The van der Waals surface area contributed by atoms with Gasteiger partial charge in [-0.3, -0.25) is 19.2 Å². The van der Waals surface area contributed by atoms with Gasteiger partial charge in [-0.25, -0.2) is 4.90 Å². The van der Waals surface area contributed by atoms with Crippen LogP contribution in [0.4, 0.5) is 5.69 Å². The Balaban J connectivity index is 1.73. The van der Waals surface area contributed by atoms with E-state index >= 15 is 0 Å². The number of esters is 2. The van der Waals surface area contributed by atoms with E-state index in [9.17, 15) is 19.2 Å². The summed E-state index contributed by atoms with van der Waals surface area (Å²) in [5, 5.41) is 8.94. The number of benzene rings is 1. The smallest absolute Gasteiger partial charge is 0.305 e. The Morgan fingerprint density at radius 3 is 2.31 bits per heavy atom. The number of carbonyl (C=O) groups excluding carboxylic acids is 4. The van der Waals surface area contributed by atoms with E-state index in [1.165, 1.54) is 30.3 Å². The molecule has 0 saturated carbocycles. The topological polar surface area (TPSA) is 123 Å². The Morgan fingerprint density at radius 1 is 1.14 bits per heavy atom. The van der Waals surface area contributed by atoms with Crippen molar-refractivity contribution < 1.29 is 33.4 Å². The van der Waals surface area contributed by atoms with Crippen molar-refractivity contribution in [2.45, 2.75) is 31.8 Å². The number of rotatable bonds is 4. The van der Waals surface area contributed by atoms with Gasteiger partial charge in [-0.2, -0.15) is 5.26 Å². The lowest BCUT2D eigenvalue weighted by molar-refractivity contribution is -0.226. The summed E-state index contributed by atoms with van der Waals surface area (Å²) in [5.74, 6) is -4.34. The third-order valence-electron chi connectivity index (χ3n) is 5.25. The maximum Gasteiger partial charge on any atom is 0.305 e. The van der Waals surface area contributed by atoms with Crippen LogP contribution in [0.2, 0.25) is 0 Å². The molecular formula is C20H16N2O7. The molecule has 2 bridgehead atoms. The lowest BCUT2D eigenvalue weighted by Gasteiger charge is -2.34. The van der Waals surface area contributed by atoms with Gasteiger partial charge in [0.15, 0.2) is 5.60 Å². The van der Waals surface area contributed by atoms with Crippen LogP contribution in [0.15, 0.2) is 36.4 Å². The van der Waals surface area contributed by atoms with Gasteiger partial charge in [-0.05, 0) is 30.3 Å². The monoisotopic (exact) mass is 396 g/mol. The predicted molar refractivity (Wildman–Crippen MR) is 94.7 cm³/mol. The molecule has 4 atom stereocenters. The molecule has 148 valence electrons. The molecule has 4 rings (SSSR count). The molecule has 1 aromatic rings. The van der Waals surface area contributed by atoms with Crippen molar-refractivity contribution in [3.63, 3.8) is 0 Å². The number of anilines is 1. The van der Waals surface area contributed by atoms with E-state index in [0.717, 1.165) is 18.7 Å². The average molecular weight is 396 g/mol. The fraction of sp³-hybridized carbons (Fsp3) is 0.350. The minimum atomic E-state index is -1.58. The van der Waals surface area contributed by atoms with E-state index in [0.29, 0.717) is 11.3 Å². The van der Waals surface area contributed by atoms with Gasteiger partial charge in [-0.1, -0.05) is 6.08 Å². The third-order valence-corrected chi connectivity index (χ3v) is 5.25. The van der Waals surface area contributed by atoms with E-state index < -0.39 is 53.6 Å². The zero-order valence-corrected chi connectivity index (χ0v) is 15.5. The van der Waals surface area contributed by atoms with Gasteiger partial charge < -0.3 is 14.2 Å². The second-order valence-corrected chi connectivity index (χ2v) is 7.02. The fourth-order valence-electron chi connectivity index (χ4n) is 4.16. The van der Waals surface area contributed by atoms with Gasteiger partial charge in [0.2, 0.25) is 11.8 Å². The van der Waals surface area contributed by atoms with Crippen LogP contribution < -0.4 is 4.90 Å². The molecule has 0 unspecified atom stereocenters. The Kier molecular flexibility index (Phi) is 4.24. The molecule has 3 aliphatic rings. The quantitative estimate of drug-likeness (QED) is 0.317. The van der Waals surface area contributed by atoms with Crippen molar-refractivity contribution in [2.75, 3.05) is 4.90 Å². The first-order valence-corrected chi connectivity index (χ1v) is 8.88. The molecule has 0 aliphatic carbocycles. The lowest BCUT2D eigenvalue weighted by Crippen LogP contribution is -2.52. The van der Waals surface area contributed by atoms with E-state index in [1.807, 2.05) is 6.07 Å². The molecule has 0 aromatic heterocycles.